The minimum Gasteiger partial charge on any atom is -0.297 e. The quantitative estimate of drug-likeness (QED) is 0.770. The predicted octanol–water partition coefficient (Wildman–Crippen LogP) is 0.789. The van der Waals surface area contributed by atoms with Crippen LogP contribution in [0.2, 0.25) is 0 Å². The Hall–Kier alpha value is -1.62. The first-order chi connectivity index (χ1) is 7.75. The van der Waals surface area contributed by atoms with Crippen LogP contribution in [0.4, 0.5) is 0 Å². The molecular weight excluding hydrogens is 204 g/mol. The van der Waals surface area contributed by atoms with Crippen LogP contribution in [-0.2, 0) is 0 Å². The van der Waals surface area contributed by atoms with Gasteiger partial charge in [0.2, 0.25) is 0 Å². The van der Waals surface area contributed by atoms with Crippen molar-refractivity contribution in [3.8, 4) is 0 Å². The van der Waals surface area contributed by atoms with Crippen LogP contribution in [0.1, 0.15) is 24.7 Å². The molecule has 1 aliphatic heterocycles. The van der Waals surface area contributed by atoms with Gasteiger partial charge >= 0.3 is 0 Å². The summed E-state index contributed by atoms with van der Waals surface area (Å²) in [5.41, 5.74) is 0.639. The average Bonchev–Trinajstić information content (AvgIpc) is 2.84. The van der Waals surface area contributed by atoms with Crippen molar-refractivity contribution in [1.29, 1.82) is 0 Å². The Bertz CT molecular complexity index is 571. The molecule has 0 amide bonds. The lowest BCUT2D eigenvalue weighted by Crippen LogP contribution is -2.19. The maximum absolute atomic E-state index is 11.6. The summed E-state index contributed by atoms with van der Waals surface area (Å²) in [6.07, 6.45) is 2.29. The maximum atomic E-state index is 11.6. The molecule has 2 aromatic rings. The van der Waals surface area contributed by atoms with Gasteiger partial charge in [-0.15, -0.1) is 0 Å². The Morgan fingerprint density at radius 2 is 2.38 bits per heavy atom. The number of rotatable bonds is 1. The molecule has 0 aliphatic carbocycles. The highest BCUT2D eigenvalue weighted by molar-refractivity contribution is 5.36. The topological polar surface area (TPSA) is 53.4 Å². The van der Waals surface area contributed by atoms with Crippen molar-refractivity contribution < 1.29 is 0 Å². The zero-order valence-corrected chi connectivity index (χ0v) is 9.18. The third-order valence-electron chi connectivity index (χ3n) is 3.23. The molecule has 1 atom stereocenters. The van der Waals surface area contributed by atoms with Crippen LogP contribution in [0.15, 0.2) is 23.0 Å². The fraction of sp³-hybridized carbons (Fsp3) is 0.455. The molecule has 0 radical (unpaired) electrons. The van der Waals surface area contributed by atoms with E-state index in [1.807, 2.05) is 6.07 Å². The number of aromatic nitrogens is 3. The molecule has 0 saturated carbocycles. The second-order valence-electron chi connectivity index (χ2n) is 4.31. The summed E-state index contributed by atoms with van der Waals surface area (Å²) < 4.78 is 1.50. The van der Waals surface area contributed by atoms with Gasteiger partial charge in [-0.3, -0.25) is 14.8 Å². The van der Waals surface area contributed by atoms with Gasteiger partial charge in [-0.25, -0.2) is 9.50 Å². The molecule has 3 rings (SSSR count). The van der Waals surface area contributed by atoms with E-state index in [1.54, 1.807) is 6.07 Å². The van der Waals surface area contributed by atoms with Crippen molar-refractivity contribution in [3.05, 3.63) is 34.4 Å². The number of hydrogen-bond acceptors (Lipinski definition) is 3. The van der Waals surface area contributed by atoms with Crippen molar-refractivity contribution in [2.75, 3.05) is 13.6 Å². The zero-order chi connectivity index (χ0) is 11.1. The molecule has 1 aliphatic rings. The van der Waals surface area contributed by atoms with E-state index in [-0.39, 0.29) is 5.56 Å². The first kappa shape index (κ1) is 9.59. The van der Waals surface area contributed by atoms with Gasteiger partial charge in [-0.1, -0.05) is 6.07 Å². The summed E-state index contributed by atoms with van der Waals surface area (Å²) in [4.78, 5) is 18.3. The second kappa shape index (κ2) is 3.45. The number of hydrogen-bond donors (Lipinski definition) is 1. The summed E-state index contributed by atoms with van der Waals surface area (Å²) in [6, 6.07) is 5.43. The summed E-state index contributed by atoms with van der Waals surface area (Å²) in [5, 5.41) is 3.09. The van der Waals surface area contributed by atoms with E-state index < -0.39 is 0 Å². The normalized spacial score (nSPS) is 21.9. The van der Waals surface area contributed by atoms with Crippen molar-refractivity contribution in [2.45, 2.75) is 18.9 Å². The molecule has 0 aromatic carbocycles. The van der Waals surface area contributed by atoms with Crippen molar-refractivity contribution in [3.63, 3.8) is 0 Å². The Kier molecular flexibility index (Phi) is 2.07. The van der Waals surface area contributed by atoms with E-state index in [0.29, 0.717) is 11.7 Å². The molecule has 1 saturated heterocycles. The molecule has 2 aromatic heterocycles. The number of pyridine rings is 1. The number of likely N-dealkylation sites (tertiary alicyclic amines) is 1. The number of fused-ring (bicyclic) bond motifs is 1. The number of aromatic amines is 1. The maximum Gasteiger partial charge on any atom is 0.271 e. The Morgan fingerprint density at radius 1 is 1.50 bits per heavy atom. The molecule has 5 nitrogen and oxygen atoms in total. The highest BCUT2D eigenvalue weighted by atomic mass is 16.1. The fourth-order valence-corrected chi connectivity index (χ4v) is 2.35. The van der Waals surface area contributed by atoms with Gasteiger partial charge in [-0.05, 0) is 32.5 Å². The van der Waals surface area contributed by atoms with Gasteiger partial charge in [-0.2, -0.15) is 0 Å². The van der Waals surface area contributed by atoms with Crippen LogP contribution in [0.5, 0.6) is 0 Å². The van der Waals surface area contributed by atoms with Crippen LogP contribution in [-0.4, -0.2) is 33.1 Å². The van der Waals surface area contributed by atoms with Crippen molar-refractivity contribution in [1.82, 2.24) is 19.5 Å². The smallest absolute Gasteiger partial charge is 0.271 e. The predicted molar refractivity (Wildman–Crippen MR) is 60.4 cm³/mol. The van der Waals surface area contributed by atoms with Crippen molar-refractivity contribution in [2.24, 2.45) is 0 Å². The molecule has 1 unspecified atom stereocenters. The first-order valence-electron chi connectivity index (χ1n) is 5.53. The SMILES string of the molecule is CN1CCCC1c1nc2cccc(=O)n2[nH]1. The van der Waals surface area contributed by atoms with E-state index >= 15 is 0 Å². The third-order valence-corrected chi connectivity index (χ3v) is 3.23. The highest BCUT2D eigenvalue weighted by Gasteiger charge is 2.25. The lowest BCUT2D eigenvalue weighted by Gasteiger charge is -2.15. The van der Waals surface area contributed by atoms with Gasteiger partial charge in [0.25, 0.3) is 5.56 Å². The van der Waals surface area contributed by atoms with E-state index in [1.165, 1.54) is 17.0 Å². The average molecular weight is 218 g/mol. The molecule has 1 N–H and O–H groups in total. The molecule has 16 heavy (non-hydrogen) atoms. The molecule has 0 spiro atoms. The summed E-state index contributed by atoms with van der Waals surface area (Å²) >= 11 is 0. The Morgan fingerprint density at radius 3 is 3.06 bits per heavy atom. The first-order valence-corrected chi connectivity index (χ1v) is 5.53. The largest absolute Gasteiger partial charge is 0.297 e. The van der Waals surface area contributed by atoms with Crippen LogP contribution >= 0.6 is 0 Å². The molecule has 5 heteroatoms. The lowest BCUT2D eigenvalue weighted by atomic mass is 10.2. The van der Waals surface area contributed by atoms with Crippen LogP contribution in [0.3, 0.4) is 0 Å². The molecular formula is C11H14N4O. The van der Waals surface area contributed by atoms with Gasteiger partial charge in [0.05, 0.1) is 6.04 Å². The van der Waals surface area contributed by atoms with Crippen molar-refractivity contribution >= 4 is 5.65 Å². The van der Waals surface area contributed by atoms with Gasteiger partial charge in [0.1, 0.15) is 5.82 Å². The summed E-state index contributed by atoms with van der Waals surface area (Å²) in [6.45, 7) is 1.09. The standard InChI is InChI=1S/C11H14N4O/c1-14-7-3-4-8(14)11-12-9-5-2-6-10(16)15(9)13-11/h2,5-6,8H,3-4,7H2,1H3,(H,12,13). The van der Waals surface area contributed by atoms with E-state index in [4.69, 9.17) is 0 Å². The molecule has 1 fully saturated rings. The lowest BCUT2D eigenvalue weighted by molar-refractivity contribution is 0.306. The summed E-state index contributed by atoms with van der Waals surface area (Å²) in [5.74, 6) is 0.892. The van der Waals surface area contributed by atoms with E-state index in [9.17, 15) is 4.79 Å². The molecule has 0 bridgehead atoms. The second-order valence-corrected chi connectivity index (χ2v) is 4.31. The van der Waals surface area contributed by atoms with Crippen LogP contribution in [0.25, 0.3) is 5.65 Å². The van der Waals surface area contributed by atoms with Gasteiger partial charge in [0, 0.05) is 6.07 Å². The van der Waals surface area contributed by atoms with Crippen LogP contribution in [0, 0.1) is 0 Å². The zero-order valence-electron chi connectivity index (χ0n) is 9.18. The number of H-pyrrole nitrogens is 1. The fourth-order valence-electron chi connectivity index (χ4n) is 2.35. The van der Waals surface area contributed by atoms with Gasteiger partial charge in [0.15, 0.2) is 5.65 Å². The highest BCUT2D eigenvalue weighted by Crippen LogP contribution is 2.27. The monoisotopic (exact) mass is 218 g/mol. The minimum absolute atomic E-state index is 0.0584. The van der Waals surface area contributed by atoms with Crippen LogP contribution < -0.4 is 5.56 Å². The Labute approximate surface area is 92.7 Å². The number of nitrogens with zero attached hydrogens (tertiary/aromatic N) is 3. The molecule has 84 valence electrons. The Balaban J connectivity index is 2.12. The number of nitrogens with one attached hydrogen (secondary N) is 1. The van der Waals surface area contributed by atoms with Gasteiger partial charge < -0.3 is 0 Å². The molecule has 3 heterocycles. The van der Waals surface area contributed by atoms with E-state index in [2.05, 4.69) is 22.0 Å². The van der Waals surface area contributed by atoms with E-state index in [0.717, 1.165) is 18.8 Å². The third kappa shape index (κ3) is 1.36. The summed E-state index contributed by atoms with van der Waals surface area (Å²) in [7, 11) is 2.09. The minimum atomic E-state index is -0.0584.